The Kier molecular flexibility index (Phi) is 3.87. The molecule has 45 heavy (non-hydrogen) atoms. The number of rotatable bonds is 4. The quantitative estimate of drug-likeness (QED) is 0.188. The number of hydrogen-bond donors (Lipinski definition) is 0. The van der Waals surface area contributed by atoms with E-state index in [4.69, 9.17) is 15.4 Å². The van der Waals surface area contributed by atoms with E-state index in [-0.39, 0.29) is 39.1 Å². The third-order valence-electron chi connectivity index (χ3n) is 8.26. The first kappa shape index (κ1) is 16.8. The fourth-order valence-electron chi connectivity index (χ4n) is 6.35. The predicted molar refractivity (Wildman–Crippen MR) is 190 cm³/mol. The van der Waals surface area contributed by atoms with Crippen molar-refractivity contribution in [2.24, 2.45) is 0 Å². The normalized spacial score (nSPS) is 15.0. The van der Waals surface area contributed by atoms with Gasteiger partial charge in [-0.2, -0.15) is 0 Å². The van der Waals surface area contributed by atoms with E-state index in [1.807, 2.05) is 60.7 Å². The zero-order valence-corrected chi connectivity index (χ0v) is 23.7. The SMILES string of the molecule is [2H]c1c([2H])c([2H])c(-c2c([2H])c([2H])c3c(oc4c([2H])c([2H])c([2H])c(-c5cccc(-c6c7ccccc7c(-c7ccccc7)c7ccccc67)c5)c43)c2[2H])c([2H])c1[2H]. The minimum Gasteiger partial charge on any atom is -0.456 e. The molecular formula is C44H28O. The first-order valence-electron chi connectivity index (χ1n) is 20.0. The Hall–Kier alpha value is -5.92. The van der Waals surface area contributed by atoms with Gasteiger partial charge in [0.2, 0.25) is 0 Å². The lowest BCUT2D eigenvalue weighted by Crippen LogP contribution is -1.91. The van der Waals surface area contributed by atoms with Crippen LogP contribution in [0.1, 0.15) is 15.1 Å². The monoisotopic (exact) mass is 583 g/mol. The van der Waals surface area contributed by atoms with Crippen molar-refractivity contribution in [1.82, 2.24) is 0 Å². The highest BCUT2D eigenvalue weighted by molar-refractivity contribution is 6.21. The second-order valence-electron chi connectivity index (χ2n) is 10.8. The zero-order valence-electron chi connectivity index (χ0n) is 34.7. The number of hydrogen-bond acceptors (Lipinski definition) is 1. The molecule has 0 aliphatic heterocycles. The van der Waals surface area contributed by atoms with Gasteiger partial charge in [-0.1, -0.05) is 145 Å². The van der Waals surface area contributed by atoms with E-state index >= 15 is 0 Å². The fraction of sp³-hybridized carbons (Fsp3) is 0. The summed E-state index contributed by atoms with van der Waals surface area (Å²) in [6, 6.07) is 28.1. The smallest absolute Gasteiger partial charge is 0.136 e. The number of furan rings is 1. The van der Waals surface area contributed by atoms with Crippen LogP contribution in [0.25, 0.3) is 88.0 Å². The lowest BCUT2D eigenvalue weighted by Gasteiger charge is -2.18. The average Bonchev–Trinajstić information content (AvgIpc) is 3.62. The molecule has 0 amide bonds. The average molecular weight is 584 g/mol. The Bertz CT molecular complexity index is 3070. The highest BCUT2D eigenvalue weighted by Gasteiger charge is 2.18. The van der Waals surface area contributed by atoms with Gasteiger partial charge >= 0.3 is 0 Å². The molecule has 0 fully saturated rings. The van der Waals surface area contributed by atoms with Crippen LogP contribution in [0.3, 0.4) is 0 Å². The molecule has 0 radical (unpaired) electrons. The molecular weight excluding hydrogens is 544 g/mol. The van der Waals surface area contributed by atoms with Gasteiger partial charge in [0.1, 0.15) is 11.2 Å². The highest BCUT2D eigenvalue weighted by atomic mass is 16.3. The molecule has 9 rings (SSSR count). The van der Waals surface area contributed by atoms with E-state index in [1.165, 1.54) is 0 Å². The minimum atomic E-state index is -0.653. The number of benzene rings is 8. The van der Waals surface area contributed by atoms with Crippen molar-refractivity contribution in [3.63, 3.8) is 0 Å². The van der Waals surface area contributed by atoms with E-state index < -0.39 is 66.0 Å². The summed E-state index contributed by atoms with van der Waals surface area (Å²) < 4.78 is 102. The van der Waals surface area contributed by atoms with Crippen molar-refractivity contribution < 1.29 is 19.5 Å². The molecule has 0 N–H and O–H groups in total. The third kappa shape index (κ3) is 4.17. The van der Waals surface area contributed by atoms with Crippen molar-refractivity contribution >= 4 is 43.5 Å². The molecule has 9 aromatic rings. The lowest BCUT2D eigenvalue weighted by atomic mass is 9.85. The van der Waals surface area contributed by atoms with Gasteiger partial charge < -0.3 is 4.42 Å². The summed E-state index contributed by atoms with van der Waals surface area (Å²) in [5.41, 5.74) is 3.39. The first-order valence-corrected chi connectivity index (χ1v) is 14.5. The molecule has 8 aromatic carbocycles. The van der Waals surface area contributed by atoms with Crippen LogP contribution in [0, 0.1) is 0 Å². The van der Waals surface area contributed by atoms with Crippen LogP contribution in [0.15, 0.2) is 174 Å². The Morgan fingerprint density at radius 3 is 1.73 bits per heavy atom. The Morgan fingerprint density at radius 2 is 1.02 bits per heavy atom. The summed E-state index contributed by atoms with van der Waals surface area (Å²) in [4.78, 5) is 0. The van der Waals surface area contributed by atoms with Crippen molar-refractivity contribution in [2.45, 2.75) is 0 Å². The van der Waals surface area contributed by atoms with Crippen molar-refractivity contribution in [3.8, 4) is 44.5 Å². The van der Waals surface area contributed by atoms with Gasteiger partial charge in [-0.25, -0.2) is 0 Å². The van der Waals surface area contributed by atoms with Gasteiger partial charge in [-0.05, 0) is 90.2 Å². The van der Waals surface area contributed by atoms with Gasteiger partial charge in [-0.15, -0.1) is 0 Å². The van der Waals surface area contributed by atoms with Gasteiger partial charge in [0.25, 0.3) is 0 Å². The predicted octanol–water partition coefficient (Wildman–Crippen LogP) is 12.6. The molecule has 0 aliphatic rings. The van der Waals surface area contributed by atoms with Gasteiger partial charge in [0.15, 0.2) is 0 Å². The van der Waals surface area contributed by atoms with E-state index in [0.717, 1.165) is 43.8 Å². The maximum atomic E-state index is 9.21. The molecule has 0 unspecified atom stereocenters. The highest BCUT2D eigenvalue weighted by Crippen LogP contribution is 2.45. The lowest BCUT2D eigenvalue weighted by molar-refractivity contribution is 0.669. The second-order valence-corrected chi connectivity index (χ2v) is 10.8. The minimum absolute atomic E-state index is 0.0448. The third-order valence-corrected chi connectivity index (χ3v) is 8.26. The molecule has 0 spiro atoms. The maximum absolute atomic E-state index is 9.21. The molecule has 1 heteroatoms. The zero-order chi connectivity index (χ0) is 39.3. The Morgan fingerprint density at radius 1 is 0.400 bits per heavy atom. The summed E-state index contributed by atoms with van der Waals surface area (Å²) in [5, 5.41) is 4.17. The largest absolute Gasteiger partial charge is 0.456 e. The van der Waals surface area contributed by atoms with Crippen LogP contribution in [-0.2, 0) is 0 Å². The van der Waals surface area contributed by atoms with Gasteiger partial charge in [0, 0.05) is 10.8 Å². The summed E-state index contributed by atoms with van der Waals surface area (Å²) in [7, 11) is 0. The van der Waals surface area contributed by atoms with Crippen molar-refractivity contribution in [3.05, 3.63) is 170 Å². The van der Waals surface area contributed by atoms with Crippen molar-refractivity contribution in [2.75, 3.05) is 0 Å². The summed E-state index contributed by atoms with van der Waals surface area (Å²) in [6.45, 7) is 0. The van der Waals surface area contributed by atoms with Crippen LogP contribution < -0.4 is 0 Å². The number of fused-ring (bicyclic) bond motifs is 5. The first-order chi connectivity index (χ1) is 26.9. The molecule has 210 valence electrons. The van der Waals surface area contributed by atoms with Gasteiger partial charge in [-0.3, -0.25) is 0 Å². The molecule has 0 atom stereocenters. The summed E-state index contributed by atoms with van der Waals surface area (Å²) >= 11 is 0. The van der Waals surface area contributed by atoms with Gasteiger partial charge in [0.05, 0.1) is 15.1 Å². The van der Waals surface area contributed by atoms with Crippen LogP contribution >= 0.6 is 0 Å². The van der Waals surface area contributed by atoms with Crippen LogP contribution in [0.4, 0.5) is 0 Å². The van der Waals surface area contributed by atoms with E-state index in [9.17, 15) is 4.11 Å². The molecule has 1 aromatic heterocycles. The summed E-state index contributed by atoms with van der Waals surface area (Å²) in [5.74, 6) is 0. The second kappa shape index (κ2) is 10.4. The van der Waals surface area contributed by atoms with Crippen LogP contribution in [0.5, 0.6) is 0 Å². The molecule has 0 saturated heterocycles. The fourth-order valence-corrected chi connectivity index (χ4v) is 6.35. The topological polar surface area (TPSA) is 13.1 Å². The molecule has 0 saturated carbocycles. The standard InChI is InChI=1S/C44H28O/c1-3-13-29(14-4-1)31-25-26-39-41(28-31)45-40-24-12-23-34(44(39)40)32-17-11-18-33(27-32)43-37-21-9-7-19-35(37)42(30-15-5-2-6-16-30)36-20-8-10-22-38(36)43/h1-28H/i1D,3D,4D,12D,13D,14D,23D,24D,25D,26D,28D. The molecule has 0 bridgehead atoms. The van der Waals surface area contributed by atoms with E-state index in [0.29, 0.717) is 5.56 Å². The van der Waals surface area contributed by atoms with Crippen LogP contribution in [-0.4, -0.2) is 0 Å². The van der Waals surface area contributed by atoms with E-state index in [1.54, 1.807) is 6.07 Å². The van der Waals surface area contributed by atoms with E-state index in [2.05, 4.69) is 36.4 Å². The maximum Gasteiger partial charge on any atom is 0.136 e. The Balaban J connectivity index is 1.35. The van der Waals surface area contributed by atoms with Crippen molar-refractivity contribution in [1.29, 1.82) is 0 Å². The molecule has 0 aliphatic carbocycles. The molecule has 1 nitrogen and oxygen atoms in total. The van der Waals surface area contributed by atoms with Crippen LogP contribution in [0.2, 0.25) is 0 Å². The summed E-state index contributed by atoms with van der Waals surface area (Å²) in [6.07, 6.45) is 0. The molecule has 1 heterocycles. The Labute approximate surface area is 277 Å².